The number of hydrogen-bond donors (Lipinski definition) is 0. The highest BCUT2D eigenvalue weighted by atomic mass is 14.8. The van der Waals surface area contributed by atoms with Crippen molar-refractivity contribution in [3.05, 3.63) is 12.2 Å². The van der Waals surface area contributed by atoms with Crippen molar-refractivity contribution in [2.24, 2.45) is 58.2 Å². The van der Waals surface area contributed by atoms with Crippen molar-refractivity contribution in [1.29, 1.82) is 0 Å². The van der Waals surface area contributed by atoms with Gasteiger partial charge in [-0.2, -0.15) is 0 Å². The Morgan fingerprint density at radius 2 is 1.06 bits per heavy atom. The van der Waals surface area contributed by atoms with E-state index in [4.69, 9.17) is 0 Å². The third-order valence-corrected chi connectivity index (χ3v) is 8.03. The van der Waals surface area contributed by atoms with E-state index < -0.39 is 0 Å². The van der Waals surface area contributed by atoms with Crippen LogP contribution < -0.4 is 0 Å². The molecule has 0 radical (unpaired) electrons. The second-order valence-corrected chi connectivity index (χ2v) is 9.00. The summed E-state index contributed by atoms with van der Waals surface area (Å²) in [6, 6.07) is 0. The lowest BCUT2D eigenvalue weighted by Gasteiger charge is -2.39. The Labute approximate surface area is 112 Å². The van der Waals surface area contributed by atoms with Crippen molar-refractivity contribution < 1.29 is 0 Å². The van der Waals surface area contributed by atoms with Crippen LogP contribution in [-0.2, 0) is 0 Å². The van der Waals surface area contributed by atoms with Crippen LogP contribution in [-0.4, -0.2) is 0 Å². The molecule has 0 nitrogen and oxygen atoms in total. The van der Waals surface area contributed by atoms with E-state index in [1.165, 1.54) is 0 Å². The van der Waals surface area contributed by atoms with Crippen LogP contribution in [0.1, 0.15) is 41.5 Å². The molecule has 4 bridgehead atoms. The van der Waals surface area contributed by atoms with Gasteiger partial charge >= 0.3 is 0 Å². The highest BCUT2D eigenvalue weighted by Crippen LogP contribution is 2.78. The fourth-order valence-corrected chi connectivity index (χ4v) is 7.54. The molecule has 3 saturated carbocycles. The highest BCUT2D eigenvalue weighted by Gasteiger charge is 2.73. The van der Waals surface area contributed by atoms with Crippen molar-refractivity contribution in [2.75, 3.05) is 0 Å². The molecule has 8 unspecified atom stereocenters. The quantitative estimate of drug-likeness (QED) is 0.431. The number of rotatable bonds is 0. The lowest BCUT2D eigenvalue weighted by atomic mass is 9.66. The van der Waals surface area contributed by atoms with E-state index in [2.05, 4.69) is 53.7 Å². The fourth-order valence-electron chi connectivity index (χ4n) is 7.54. The first-order valence-electron chi connectivity index (χ1n) is 7.98. The van der Waals surface area contributed by atoms with Gasteiger partial charge < -0.3 is 0 Å². The molecule has 8 atom stereocenters. The maximum absolute atomic E-state index is 2.58. The van der Waals surface area contributed by atoms with Crippen LogP contribution in [0, 0.1) is 58.2 Å². The average molecular weight is 244 g/mol. The Morgan fingerprint density at radius 1 is 0.667 bits per heavy atom. The number of allylic oxidation sites excluding steroid dienone is 2. The molecular formula is C18H28. The zero-order valence-corrected chi connectivity index (χ0v) is 12.8. The molecule has 0 saturated heterocycles. The summed E-state index contributed by atoms with van der Waals surface area (Å²) < 4.78 is 0. The summed E-state index contributed by atoms with van der Waals surface area (Å²) in [6.45, 7) is 15.3. The zero-order valence-electron chi connectivity index (χ0n) is 12.8. The first-order valence-corrected chi connectivity index (χ1v) is 7.98. The molecular weight excluding hydrogens is 216 g/mol. The maximum Gasteiger partial charge on any atom is -0.0142 e. The molecule has 0 heteroatoms. The van der Waals surface area contributed by atoms with Gasteiger partial charge in [-0.3, -0.25) is 0 Å². The number of fused-ring (bicyclic) bond motifs is 9. The van der Waals surface area contributed by atoms with Crippen LogP contribution in [0.3, 0.4) is 0 Å². The Balaban J connectivity index is 1.86. The van der Waals surface area contributed by atoms with Gasteiger partial charge in [0.25, 0.3) is 0 Å². The Hall–Kier alpha value is -0.260. The molecule has 0 aromatic carbocycles. The lowest BCUT2D eigenvalue weighted by molar-refractivity contribution is 0.108. The van der Waals surface area contributed by atoms with Crippen molar-refractivity contribution in [3.63, 3.8) is 0 Å². The molecule has 0 heterocycles. The first kappa shape index (κ1) is 11.6. The van der Waals surface area contributed by atoms with Gasteiger partial charge in [0.15, 0.2) is 0 Å². The normalized spacial score (nSPS) is 61.4. The van der Waals surface area contributed by atoms with Gasteiger partial charge in [-0.05, 0) is 58.2 Å². The van der Waals surface area contributed by atoms with Gasteiger partial charge in [0.2, 0.25) is 0 Å². The fraction of sp³-hybridized carbons (Fsp3) is 0.889. The van der Waals surface area contributed by atoms with Crippen molar-refractivity contribution >= 4 is 0 Å². The Bertz CT molecular complexity index is 391. The highest BCUT2D eigenvalue weighted by molar-refractivity contribution is 5.29. The first-order chi connectivity index (χ1) is 8.29. The molecule has 0 spiro atoms. The van der Waals surface area contributed by atoms with Crippen LogP contribution in [0.5, 0.6) is 0 Å². The number of hydrogen-bond acceptors (Lipinski definition) is 0. The summed E-state index contributed by atoms with van der Waals surface area (Å²) in [5.41, 5.74) is 1.14. The summed E-state index contributed by atoms with van der Waals surface area (Å²) >= 11 is 0. The monoisotopic (exact) mass is 244 g/mol. The van der Waals surface area contributed by atoms with E-state index in [1.54, 1.807) is 0 Å². The minimum Gasteiger partial charge on any atom is -0.0843 e. The molecule has 0 N–H and O–H groups in total. The van der Waals surface area contributed by atoms with Gasteiger partial charge in [0, 0.05) is 0 Å². The van der Waals surface area contributed by atoms with Gasteiger partial charge in [-0.15, -0.1) is 0 Å². The molecule has 3 fully saturated rings. The van der Waals surface area contributed by atoms with Crippen molar-refractivity contribution in [2.45, 2.75) is 41.5 Å². The van der Waals surface area contributed by atoms with Crippen molar-refractivity contribution in [1.82, 2.24) is 0 Å². The Kier molecular flexibility index (Phi) is 1.87. The molecule has 0 amide bonds. The van der Waals surface area contributed by atoms with Crippen LogP contribution in [0.25, 0.3) is 0 Å². The van der Waals surface area contributed by atoms with Crippen molar-refractivity contribution in [3.8, 4) is 0 Å². The second kappa shape index (κ2) is 2.91. The van der Waals surface area contributed by atoms with E-state index in [1.807, 2.05) is 0 Å². The average Bonchev–Trinajstić information content (AvgIpc) is 2.80. The van der Waals surface area contributed by atoms with Gasteiger partial charge in [-0.1, -0.05) is 53.7 Å². The third-order valence-electron chi connectivity index (χ3n) is 8.03. The van der Waals surface area contributed by atoms with E-state index in [9.17, 15) is 0 Å². The van der Waals surface area contributed by atoms with E-state index in [0.29, 0.717) is 10.8 Å². The lowest BCUT2D eigenvalue weighted by Crippen LogP contribution is -2.34. The molecule has 18 heavy (non-hydrogen) atoms. The molecule has 4 aliphatic rings. The zero-order chi connectivity index (χ0) is 13.0. The van der Waals surface area contributed by atoms with Crippen LogP contribution >= 0.6 is 0 Å². The van der Waals surface area contributed by atoms with E-state index in [0.717, 1.165) is 47.3 Å². The summed E-state index contributed by atoms with van der Waals surface area (Å²) in [5.74, 6) is 7.57. The molecule has 0 aromatic heterocycles. The molecule has 4 rings (SSSR count). The summed E-state index contributed by atoms with van der Waals surface area (Å²) in [6.07, 6.45) is 5.17. The summed E-state index contributed by atoms with van der Waals surface area (Å²) in [7, 11) is 0. The standard InChI is InChI=1S/C18H28/c1-9-10(2)16-14-12-8-7-11(17(12,3)4)13(14)15(9)18(16,5)6/h7-16H,1-6H3. The largest absolute Gasteiger partial charge is 0.0843 e. The molecule has 100 valence electrons. The predicted molar refractivity (Wildman–Crippen MR) is 76.0 cm³/mol. The van der Waals surface area contributed by atoms with Crippen LogP contribution in [0.15, 0.2) is 12.2 Å². The summed E-state index contributed by atoms with van der Waals surface area (Å²) in [5, 5.41) is 0. The Morgan fingerprint density at radius 3 is 1.44 bits per heavy atom. The van der Waals surface area contributed by atoms with E-state index in [-0.39, 0.29) is 0 Å². The van der Waals surface area contributed by atoms with Gasteiger partial charge in [-0.25, -0.2) is 0 Å². The topological polar surface area (TPSA) is 0 Å². The SMILES string of the molecule is CC1C(C)C2C3C(C4C=CC3C4(C)C)C1C2(C)C. The smallest absolute Gasteiger partial charge is 0.0142 e. The maximum atomic E-state index is 2.58. The van der Waals surface area contributed by atoms with Gasteiger partial charge in [0.1, 0.15) is 0 Å². The molecule has 0 aromatic rings. The van der Waals surface area contributed by atoms with Crippen LogP contribution in [0.2, 0.25) is 0 Å². The summed E-state index contributed by atoms with van der Waals surface area (Å²) in [4.78, 5) is 0. The third kappa shape index (κ3) is 0.927. The minimum atomic E-state index is 0.548. The minimum absolute atomic E-state index is 0.548. The van der Waals surface area contributed by atoms with Gasteiger partial charge in [0.05, 0.1) is 0 Å². The van der Waals surface area contributed by atoms with Crippen LogP contribution in [0.4, 0.5) is 0 Å². The second-order valence-electron chi connectivity index (χ2n) is 9.00. The predicted octanol–water partition coefficient (Wildman–Crippen LogP) is 4.62. The molecule has 0 aliphatic heterocycles. The van der Waals surface area contributed by atoms with E-state index >= 15 is 0 Å². The molecule has 4 aliphatic carbocycles.